The highest BCUT2D eigenvalue weighted by Gasteiger charge is 2.62. The Balaban J connectivity index is 2.20. The van der Waals surface area contributed by atoms with Gasteiger partial charge in [0.05, 0.1) is 19.3 Å². The molecule has 2 aliphatic heterocycles. The molecule has 4 nitrogen and oxygen atoms in total. The summed E-state index contributed by atoms with van der Waals surface area (Å²) in [5, 5.41) is 0.187. The molecule has 4 atom stereocenters. The van der Waals surface area contributed by atoms with Gasteiger partial charge >= 0.3 is 0 Å². The largest absolute Gasteiger partial charge is 0.408 e. The van der Waals surface area contributed by atoms with E-state index in [9.17, 15) is 0 Å². The number of ether oxygens (including phenoxy) is 3. The van der Waals surface area contributed by atoms with Gasteiger partial charge in [-0.3, -0.25) is 0 Å². The van der Waals surface area contributed by atoms with Crippen molar-refractivity contribution < 1.29 is 18.6 Å². The van der Waals surface area contributed by atoms with Crippen molar-refractivity contribution >= 4 is 8.32 Å². The fourth-order valence-corrected chi connectivity index (χ4v) is 3.89. The van der Waals surface area contributed by atoms with Gasteiger partial charge in [0.15, 0.2) is 8.32 Å². The summed E-state index contributed by atoms with van der Waals surface area (Å²) in [6.45, 7) is 14.5. The van der Waals surface area contributed by atoms with Gasteiger partial charge < -0.3 is 18.6 Å². The SMILES string of the molecule is COC(C)[C@@]12CO[C@@H](CO1)[C@@H]2O[Si](C)(C)C(C)(C)C. The van der Waals surface area contributed by atoms with Crippen LogP contribution in [0, 0.1) is 0 Å². The van der Waals surface area contributed by atoms with Crippen LogP contribution < -0.4 is 0 Å². The molecule has 0 aromatic rings. The number of hydrogen-bond donors (Lipinski definition) is 0. The Morgan fingerprint density at radius 3 is 2.37 bits per heavy atom. The predicted molar refractivity (Wildman–Crippen MR) is 77.0 cm³/mol. The minimum absolute atomic E-state index is 0.00309. The lowest BCUT2D eigenvalue weighted by Crippen LogP contribution is -2.56. The summed E-state index contributed by atoms with van der Waals surface area (Å²) in [5.74, 6) is 0. The summed E-state index contributed by atoms with van der Waals surface area (Å²) in [6.07, 6.45) is 0.0461. The highest BCUT2D eigenvalue weighted by Crippen LogP contribution is 2.46. The van der Waals surface area contributed by atoms with Crippen LogP contribution in [0.1, 0.15) is 27.7 Å². The Bertz CT molecular complexity index is 329. The van der Waals surface area contributed by atoms with Crippen molar-refractivity contribution in [2.75, 3.05) is 20.3 Å². The minimum atomic E-state index is -1.83. The van der Waals surface area contributed by atoms with E-state index in [4.69, 9.17) is 18.6 Å². The molecule has 2 aliphatic rings. The number of methoxy groups -OCH3 is 1. The molecule has 112 valence electrons. The number of rotatable bonds is 4. The second-order valence-electron chi connectivity index (χ2n) is 7.29. The summed E-state index contributed by atoms with van der Waals surface area (Å²) in [5.41, 5.74) is -0.422. The molecule has 0 N–H and O–H groups in total. The van der Waals surface area contributed by atoms with Gasteiger partial charge in [0.1, 0.15) is 17.8 Å². The lowest BCUT2D eigenvalue weighted by atomic mass is 9.94. The zero-order chi connectivity index (χ0) is 14.5. The number of fused-ring (bicyclic) bond motifs is 2. The summed E-state index contributed by atoms with van der Waals surface area (Å²) in [6, 6.07) is 0. The van der Waals surface area contributed by atoms with Gasteiger partial charge in [-0.15, -0.1) is 0 Å². The first-order valence-corrected chi connectivity index (χ1v) is 10.0. The number of hydrogen-bond acceptors (Lipinski definition) is 4. The summed E-state index contributed by atoms with van der Waals surface area (Å²) in [7, 11) is -0.115. The third-order valence-electron chi connectivity index (χ3n) is 5.13. The maximum Gasteiger partial charge on any atom is 0.192 e. The smallest absolute Gasteiger partial charge is 0.192 e. The Morgan fingerprint density at radius 2 is 1.95 bits per heavy atom. The fourth-order valence-electron chi connectivity index (χ4n) is 2.55. The van der Waals surface area contributed by atoms with Crippen LogP contribution in [-0.4, -0.2) is 52.6 Å². The quantitative estimate of drug-likeness (QED) is 0.745. The second kappa shape index (κ2) is 4.81. The van der Waals surface area contributed by atoms with Crippen LogP contribution in [0.5, 0.6) is 0 Å². The van der Waals surface area contributed by atoms with E-state index < -0.39 is 13.9 Å². The van der Waals surface area contributed by atoms with Gasteiger partial charge in [0.25, 0.3) is 0 Å². The zero-order valence-electron chi connectivity index (χ0n) is 13.3. The zero-order valence-corrected chi connectivity index (χ0v) is 14.3. The van der Waals surface area contributed by atoms with Crippen LogP contribution in [0.2, 0.25) is 18.1 Å². The van der Waals surface area contributed by atoms with Crippen molar-refractivity contribution in [3.8, 4) is 0 Å². The van der Waals surface area contributed by atoms with Crippen LogP contribution in [0.3, 0.4) is 0 Å². The van der Waals surface area contributed by atoms with Gasteiger partial charge in [-0.1, -0.05) is 20.8 Å². The highest BCUT2D eigenvalue weighted by molar-refractivity contribution is 6.74. The van der Waals surface area contributed by atoms with Crippen molar-refractivity contribution in [2.24, 2.45) is 0 Å². The first-order chi connectivity index (χ1) is 8.64. The predicted octanol–water partition coefficient (Wildman–Crippen LogP) is 2.58. The van der Waals surface area contributed by atoms with Crippen LogP contribution >= 0.6 is 0 Å². The Kier molecular flexibility index (Phi) is 3.91. The summed E-state index contributed by atoms with van der Waals surface area (Å²) >= 11 is 0. The maximum atomic E-state index is 6.59. The molecule has 2 heterocycles. The minimum Gasteiger partial charge on any atom is -0.408 e. The molecule has 2 saturated heterocycles. The fraction of sp³-hybridized carbons (Fsp3) is 1.00. The average Bonchev–Trinajstić information content (AvgIpc) is 2.82. The average molecular weight is 288 g/mol. The summed E-state index contributed by atoms with van der Waals surface area (Å²) < 4.78 is 24.0. The van der Waals surface area contributed by atoms with Crippen LogP contribution in [-0.2, 0) is 18.6 Å². The lowest BCUT2D eigenvalue weighted by Gasteiger charge is -2.42. The lowest BCUT2D eigenvalue weighted by molar-refractivity contribution is -0.158. The Morgan fingerprint density at radius 1 is 1.32 bits per heavy atom. The van der Waals surface area contributed by atoms with E-state index in [1.807, 2.05) is 6.92 Å². The molecule has 0 aromatic heterocycles. The molecule has 0 amide bonds. The van der Waals surface area contributed by atoms with Crippen LogP contribution in [0.15, 0.2) is 0 Å². The Labute approximate surface area is 117 Å². The molecular weight excluding hydrogens is 260 g/mol. The van der Waals surface area contributed by atoms with Crippen molar-refractivity contribution in [1.29, 1.82) is 0 Å². The van der Waals surface area contributed by atoms with E-state index in [0.29, 0.717) is 13.2 Å². The first-order valence-electron chi connectivity index (χ1n) is 7.10. The van der Waals surface area contributed by atoms with Gasteiger partial charge in [0, 0.05) is 7.11 Å². The molecule has 0 saturated carbocycles. The van der Waals surface area contributed by atoms with Gasteiger partial charge in [-0.2, -0.15) is 0 Å². The Hall–Kier alpha value is 0.0569. The van der Waals surface area contributed by atoms with Crippen molar-refractivity contribution in [3.05, 3.63) is 0 Å². The van der Waals surface area contributed by atoms with Gasteiger partial charge in [-0.25, -0.2) is 0 Å². The molecule has 0 spiro atoms. The van der Waals surface area contributed by atoms with E-state index in [0.717, 1.165) is 0 Å². The van der Waals surface area contributed by atoms with E-state index in [1.165, 1.54) is 0 Å². The van der Waals surface area contributed by atoms with Crippen LogP contribution in [0.4, 0.5) is 0 Å². The van der Waals surface area contributed by atoms with Gasteiger partial charge in [-0.05, 0) is 25.1 Å². The molecule has 5 heteroatoms. The monoisotopic (exact) mass is 288 g/mol. The second-order valence-corrected chi connectivity index (χ2v) is 12.0. The van der Waals surface area contributed by atoms with Gasteiger partial charge in [0.2, 0.25) is 0 Å². The van der Waals surface area contributed by atoms with E-state index in [1.54, 1.807) is 7.11 Å². The highest BCUT2D eigenvalue weighted by atomic mass is 28.4. The van der Waals surface area contributed by atoms with Crippen molar-refractivity contribution in [3.63, 3.8) is 0 Å². The normalized spacial score (nSPS) is 36.8. The van der Waals surface area contributed by atoms with E-state index >= 15 is 0 Å². The molecule has 2 bridgehead atoms. The standard InChI is InChI=1S/C14H28O4Si/c1-10(15-5)14-9-16-11(8-17-14)12(14)18-19(6,7)13(2,3)4/h10-12H,8-9H2,1-7H3/t10?,11-,12-,14+/m0/s1. The van der Waals surface area contributed by atoms with Crippen molar-refractivity contribution in [2.45, 2.75) is 69.7 Å². The third-order valence-corrected chi connectivity index (χ3v) is 9.58. The van der Waals surface area contributed by atoms with E-state index in [-0.39, 0.29) is 23.4 Å². The third kappa shape index (κ3) is 2.40. The summed E-state index contributed by atoms with van der Waals surface area (Å²) in [4.78, 5) is 0. The molecule has 0 aliphatic carbocycles. The van der Waals surface area contributed by atoms with Crippen LogP contribution in [0.25, 0.3) is 0 Å². The van der Waals surface area contributed by atoms with Crippen molar-refractivity contribution in [1.82, 2.24) is 0 Å². The first kappa shape index (κ1) is 15.4. The molecule has 2 rings (SSSR count). The molecule has 2 fully saturated rings. The molecular formula is C14H28O4Si. The molecule has 0 radical (unpaired) electrons. The topological polar surface area (TPSA) is 36.9 Å². The van der Waals surface area contributed by atoms with E-state index in [2.05, 4.69) is 33.9 Å². The molecule has 19 heavy (non-hydrogen) atoms. The maximum absolute atomic E-state index is 6.59. The molecule has 1 unspecified atom stereocenters. The molecule has 0 aromatic carbocycles.